The zero-order valence-corrected chi connectivity index (χ0v) is 11.7. The first-order valence-electron chi connectivity index (χ1n) is 6.89. The maximum atomic E-state index is 9.92. The number of aliphatic hydroxyl groups is 3. The van der Waals surface area contributed by atoms with E-state index in [0.717, 1.165) is 0 Å². The summed E-state index contributed by atoms with van der Waals surface area (Å²) < 4.78 is 12.2. The third kappa shape index (κ3) is 3.09. The van der Waals surface area contributed by atoms with E-state index in [1.807, 2.05) is 30.3 Å². The molecule has 1 fully saturated rings. The van der Waals surface area contributed by atoms with Gasteiger partial charge in [0, 0.05) is 0 Å². The second-order valence-electron chi connectivity index (χ2n) is 5.06. The zero-order valence-electron chi connectivity index (χ0n) is 11.7. The van der Waals surface area contributed by atoms with Gasteiger partial charge in [0.15, 0.2) is 6.23 Å². The van der Waals surface area contributed by atoms with Gasteiger partial charge in [0.2, 0.25) is 0 Å². The molecule has 0 bridgehead atoms. The van der Waals surface area contributed by atoms with Crippen molar-refractivity contribution >= 4 is 0 Å². The minimum absolute atomic E-state index is 0.0847. The maximum absolute atomic E-state index is 9.92. The summed E-state index contributed by atoms with van der Waals surface area (Å²) >= 11 is 0. The average Bonchev–Trinajstić information content (AvgIpc) is 3.00. The Morgan fingerprint density at radius 1 is 1.18 bits per heavy atom. The van der Waals surface area contributed by atoms with Crippen molar-refractivity contribution in [2.45, 2.75) is 31.1 Å². The number of ether oxygens (including phenoxy) is 2. The molecule has 8 heteroatoms. The van der Waals surface area contributed by atoms with Crippen LogP contribution in [0.25, 0.3) is 0 Å². The van der Waals surface area contributed by atoms with Crippen molar-refractivity contribution in [2.75, 3.05) is 6.61 Å². The van der Waals surface area contributed by atoms with Crippen LogP contribution in [0.2, 0.25) is 0 Å². The summed E-state index contributed by atoms with van der Waals surface area (Å²) in [6.45, 7) is 0.136. The molecular formula is C14H17N3O5. The van der Waals surface area contributed by atoms with E-state index in [1.54, 1.807) is 6.20 Å². The molecule has 1 aliphatic rings. The zero-order chi connectivity index (χ0) is 15.5. The summed E-state index contributed by atoms with van der Waals surface area (Å²) in [7, 11) is 0. The molecule has 1 aromatic heterocycles. The number of aliphatic hydroxyl groups excluding tert-OH is 3. The van der Waals surface area contributed by atoms with Crippen molar-refractivity contribution in [1.29, 1.82) is 0 Å². The Morgan fingerprint density at radius 3 is 2.73 bits per heavy atom. The highest BCUT2D eigenvalue weighted by atomic mass is 16.5. The van der Waals surface area contributed by atoms with E-state index in [-0.39, 0.29) is 13.2 Å². The molecule has 1 aromatic carbocycles. The molecule has 0 unspecified atom stereocenters. The molecule has 2 aromatic rings. The summed E-state index contributed by atoms with van der Waals surface area (Å²) in [5, 5.41) is 36.8. The van der Waals surface area contributed by atoms with Crippen molar-refractivity contribution in [3.05, 3.63) is 42.2 Å². The van der Waals surface area contributed by atoms with Gasteiger partial charge < -0.3 is 24.8 Å². The number of nitrogens with zero attached hydrogens (tertiary/aromatic N) is 3. The Balaban J connectivity index is 1.64. The van der Waals surface area contributed by atoms with Gasteiger partial charge in [-0.2, -0.15) is 0 Å². The number of hydrogen-bond donors (Lipinski definition) is 3. The van der Waals surface area contributed by atoms with E-state index in [1.165, 1.54) is 4.68 Å². The first-order chi connectivity index (χ1) is 10.6. The van der Waals surface area contributed by atoms with E-state index in [4.69, 9.17) is 9.47 Å². The number of aromatic nitrogens is 3. The number of para-hydroxylation sites is 1. The van der Waals surface area contributed by atoms with Gasteiger partial charge in [0.05, 0.1) is 12.8 Å². The summed E-state index contributed by atoms with van der Waals surface area (Å²) in [6, 6.07) is 9.28. The van der Waals surface area contributed by atoms with Crippen molar-refractivity contribution in [1.82, 2.24) is 15.0 Å². The fourth-order valence-corrected chi connectivity index (χ4v) is 2.20. The third-order valence-corrected chi connectivity index (χ3v) is 3.42. The molecule has 8 nitrogen and oxygen atoms in total. The lowest BCUT2D eigenvalue weighted by molar-refractivity contribution is -0.214. The number of benzene rings is 1. The Morgan fingerprint density at radius 2 is 1.95 bits per heavy atom. The lowest BCUT2D eigenvalue weighted by Gasteiger charge is -2.34. The fourth-order valence-electron chi connectivity index (χ4n) is 2.20. The summed E-state index contributed by atoms with van der Waals surface area (Å²) in [6.07, 6.45) is -3.01. The van der Waals surface area contributed by atoms with Crippen LogP contribution in [0.5, 0.6) is 5.75 Å². The van der Waals surface area contributed by atoms with Gasteiger partial charge in [-0.15, -0.1) is 5.10 Å². The summed E-state index contributed by atoms with van der Waals surface area (Å²) in [5.74, 6) is 0.713. The number of rotatable bonds is 4. The molecule has 4 atom stereocenters. The molecule has 1 saturated heterocycles. The Kier molecular flexibility index (Phi) is 4.34. The first kappa shape index (κ1) is 14.9. The van der Waals surface area contributed by atoms with Gasteiger partial charge in [-0.05, 0) is 12.1 Å². The van der Waals surface area contributed by atoms with Crippen LogP contribution in [-0.2, 0) is 11.3 Å². The van der Waals surface area contributed by atoms with Crippen LogP contribution in [0.1, 0.15) is 11.9 Å². The van der Waals surface area contributed by atoms with Gasteiger partial charge in [0.25, 0.3) is 0 Å². The second-order valence-corrected chi connectivity index (χ2v) is 5.06. The summed E-state index contributed by atoms with van der Waals surface area (Å²) in [5.41, 5.74) is 0.556. The van der Waals surface area contributed by atoms with Crippen LogP contribution in [0, 0.1) is 0 Å². The Hall–Kier alpha value is -2.00. The van der Waals surface area contributed by atoms with Gasteiger partial charge in [0.1, 0.15) is 36.4 Å². The molecule has 22 heavy (non-hydrogen) atoms. The molecule has 0 saturated carbocycles. The lowest BCUT2D eigenvalue weighted by Crippen LogP contribution is -2.50. The predicted octanol–water partition coefficient (Wildman–Crippen LogP) is -0.531. The van der Waals surface area contributed by atoms with Gasteiger partial charge in [-0.25, -0.2) is 4.68 Å². The van der Waals surface area contributed by atoms with Crippen molar-refractivity contribution in [3.8, 4) is 5.75 Å². The van der Waals surface area contributed by atoms with Crippen molar-refractivity contribution < 1.29 is 24.8 Å². The van der Waals surface area contributed by atoms with Crippen LogP contribution in [-0.4, -0.2) is 55.2 Å². The van der Waals surface area contributed by atoms with Crippen LogP contribution in [0.3, 0.4) is 0 Å². The molecule has 2 heterocycles. The van der Waals surface area contributed by atoms with Crippen molar-refractivity contribution in [2.24, 2.45) is 0 Å². The fraction of sp³-hybridized carbons (Fsp3) is 0.429. The van der Waals surface area contributed by atoms with Crippen molar-refractivity contribution in [3.63, 3.8) is 0 Å². The molecule has 0 aliphatic carbocycles. The molecule has 0 radical (unpaired) electrons. The second kappa shape index (κ2) is 6.41. The average molecular weight is 307 g/mol. The van der Waals surface area contributed by atoms with E-state index in [9.17, 15) is 15.3 Å². The van der Waals surface area contributed by atoms with E-state index in [0.29, 0.717) is 11.4 Å². The lowest BCUT2D eigenvalue weighted by atomic mass is 10.0. The van der Waals surface area contributed by atoms with Gasteiger partial charge >= 0.3 is 0 Å². The topological polar surface area (TPSA) is 110 Å². The predicted molar refractivity (Wildman–Crippen MR) is 73.8 cm³/mol. The maximum Gasteiger partial charge on any atom is 0.180 e. The molecular weight excluding hydrogens is 290 g/mol. The smallest absolute Gasteiger partial charge is 0.180 e. The molecule has 0 spiro atoms. The molecule has 3 N–H and O–H groups in total. The molecule has 0 amide bonds. The standard InChI is InChI=1S/C14H17N3O5/c18-11-8-22-14(13(20)12(11)19)17-6-9(15-16-17)7-21-10-4-2-1-3-5-10/h1-6,11-14,18-20H,7-8H2/t11-,12+,13-,14-/m1/s1. The highest BCUT2D eigenvalue weighted by molar-refractivity contribution is 5.21. The number of hydrogen-bond acceptors (Lipinski definition) is 7. The Bertz CT molecular complexity index is 606. The van der Waals surface area contributed by atoms with Crippen LogP contribution in [0.4, 0.5) is 0 Å². The highest BCUT2D eigenvalue weighted by Gasteiger charge is 2.39. The minimum atomic E-state index is -1.29. The first-order valence-corrected chi connectivity index (χ1v) is 6.89. The quantitative estimate of drug-likeness (QED) is 0.696. The van der Waals surface area contributed by atoms with E-state index in [2.05, 4.69) is 10.3 Å². The van der Waals surface area contributed by atoms with Gasteiger partial charge in [-0.3, -0.25) is 0 Å². The van der Waals surface area contributed by atoms with Crippen LogP contribution >= 0.6 is 0 Å². The monoisotopic (exact) mass is 307 g/mol. The molecule has 1 aliphatic heterocycles. The molecule has 3 rings (SSSR count). The normalized spacial score (nSPS) is 28.5. The van der Waals surface area contributed by atoms with E-state index >= 15 is 0 Å². The Labute approximate surface area is 126 Å². The largest absolute Gasteiger partial charge is 0.487 e. The van der Waals surface area contributed by atoms with Crippen LogP contribution < -0.4 is 4.74 Å². The summed E-state index contributed by atoms with van der Waals surface area (Å²) in [4.78, 5) is 0. The SMILES string of the molecule is O[C@@H]1[C@@H](O)[C@H](n2cc(COc3ccccc3)nn2)OC[C@H]1O. The van der Waals surface area contributed by atoms with Gasteiger partial charge in [-0.1, -0.05) is 23.4 Å². The minimum Gasteiger partial charge on any atom is -0.487 e. The highest BCUT2D eigenvalue weighted by Crippen LogP contribution is 2.23. The van der Waals surface area contributed by atoms with Crippen LogP contribution in [0.15, 0.2) is 36.5 Å². The van der Waals surface area contributed by atoms with E-state index < -0.39 is 24.5 Å². The molecule has 118 valence electrons. The third-order valence-electron chi connectivity index (χ3n) is 3.42.